The largest absolute Gasteiger partial charge is 0.401 e. The number of rotatable bonds is 7. The first-order valence-corrected chi connectivity index (χ1v) is 11.8. The standard InChI is InChI=1S/C21H21F3N4O3S2/c22-21(23,24)11-28-7-13(12-4-2-1-3-5-12)6-16(28)19(31)27-20-26-15(10-32-20)18-14(8-29)25-17(9-30)33-18/h1-5,10,13,16,29-30H,6-9,11H2,(H,26,27,31)/t13-,16+/m1/s1. The fraction of sp³-hybridized carbons (Fsp3) is 0.381. The Morgan fingerprint density at radius 3 is 2.61 bits per heavy atom. The van der Waals surface area contributed by atoms with Crippen LogP contribution in [-0.2, 0) is 18.0 Å². The topological polar surface area (TPSA) is 98.6 Å². The van der Waals surface area contributed by atoms with Gasteiger partial charge in [-0.1, -0.05) is 30.3 Å². The molecule has 3 N–H and O–H groups in total. The zero-order chi connectivity index (χ0) is 23.6. The molecule has 0 saturated carbocycles. The molecule has 1 saturated heterocycles. The maximum Gasteiger partial charge on any atom is 0.401 e. The van der Waals surface area contributed by atoms with Crippen molar-refractivity contribution in [1.82, 2.24) is 14.9 Å². The number of halogens is 3. The third-order valence-electron chi connectivity index (χ3n) is 5.35. The van der Waals surface area contributed by atoms with E-state index in [-0.39, 0.29) is 37.2 Å². The Hall–Kier alpha value is -2.38. The molecular weight excluding hydrogens is 477 g/mol. The van der Waals surface area contributed by atoms with Crippen molar-refractivity contribution in [3.63, 3.8) is 0 Å². The van der Waals surface area contributed by atoms with Gasteiger partial charge in [-0.15, -0.1) is 22.7 Å². The van der Waals surface area contributed by atoms with Crippen molar-refractivity contribution >= 4 is 33.7 Å². The molecule has 176 valence electrons. The number of aliphatic hydroxyl groups is 2. The zero-order valence-electron chi connectivity index (χ0n) is 17.2. The minimum atomic E-state index is -4.42. The van der Waals surface area contributed by atoms with E-state index in [9.17, 15) is 28.2 Å². The molecule has 7 nitrogen and oxygen atoms in total. The van der Waals surface area contributed by atoms with Gasteiger partial charge in [-0.05, 0) is 17.9 Å². The van der Waals surface area contributed by atoms with Crippen molar-refractivity contribution in [2.24, 2.45) is 0 Å². The lowest BCUT2D eigenvalue weighted by molar-refractivity contribution is -0.150. The molecule has 0 unspecified atom stereocenters. The SMILES string of the molecule is O=C(Nc1nc(-c2sc(CO)nc2CO)cs1)[C@@H]1C[C@@H](c2ccccc2)CN1CC(F)(F)F. The summed E-state index contributed by atoms with van der Waals surface area (Å²) < 4.78 is 39.5. The molecule has 0 aliphatic carbocycles. The number of hydrogen-bond acceptors (Lipinski definition) is 8. The van der Waals surface area contributed by atoms with Crippen LogP contribution in [0.1, 0.15) is 28.6 Å². The van der Waals surface area contributed by atoms with Crippen molar-refractivity contribution < 1.29 is 28.2 Å². The van der Waals surface area contributed by atoms with Crippen molar-refractivity contribution in [3.05, 3.63) is 52.0 Å². The van der Waals surface area contributed by atoms with Gasteiger partial charge in [-0.25, -0.2) is 9.97 Å². The van der Waals surface area contributed by atoms with E-state index in [1.807, 2.05) is 30.3 Å². The molecule has 3 heterocycles. The third kappa shape index (κ3) is 5.58. The van der Waals surface area contributed by atoms with E-state index in [2.05, 4.69) is 15.3 Å². The molecule has 33 heavy (non-hydrogen) atoms. The van der Waals surface area contributed by atoms with Crippen LogP contribution in [0.2, 0.25) is 0 Å². The summed E-state index contributed by atoms with van der Waals surface area (Å²) >= 11 is 2.31. The lowest BCUT2D eigenvalue weighted by Crippen LogP contribution is -2.44. The van der Waals surface area contributed by atoms with E-state index < -0.39 is 24.7 Å². The first kappa shape index (κ1) is 23.8. The van der Waals surface area contributed by atoms with Gasteiger partial charge in [-0.3, -0.25) is 9.69 Å². The smallest absolute Gasteiger partial charge is 0.390 e. The summed E-state index contributed by atoms with van der Waals surface area (Å²) in [6.45, 7) is -1.64. The number of nitrogens with one attached hydrogen (secondary N) is 1. The predicted octanol–water partition coefficient (Wildman–Crippen LogP) is 3.61. The van der Waals surface area contributed by atoms with Crippen LogP contribution >= 0.6 is 22.7 Å². The molecule has 0 radical (unpaired) electrons. The summed E-state index contributed by atoms with van der Waals surface area (Å²) in [6, 6.07) is 8.27. The monoisotopic (exact) mass is 498 g/mol. The van der Waals surface area contributed by atoms with Crippen LogP contribution in [0, 0.1) is 0 Å². The summed E-state index contributed by atoms with van der Waals surface area (Å²) in [5, 5.41) is 23.8. The molecule has 4 rings (SSSR count). The van der Waals surface area contributed by atoms with Gasteiger partial charge in [0.2, 0.25) is 5.91 Å². The van der Waals surface area contributed by atoms with Crippen LogP contribution in [0.3, 0.4) is 0 Å². The quantitative estimate of drug-likeness (QED) is 0.461. The second-order valence-electron chi connectivity index (χ2n) is 7.63. The second-order valence-corrected chi connectivity index (χ2v) is 9.57. The summed E-state index contributed by atoms with van der Waals surface area (Å²) in [4.78, 5) is 23.2. The fourth-order valence-corrected chi connectivity index (χ4v) is 5.62. The van der Waals surface area contributed by atoms with Crippen LogP contribution < -0.4 is 5.32 Å². The lowest BCUT2D eigenvalue weighted by atomic mass is 9.96. The van der Waals surface area contributed by atoms with Gasteiger partial charge in [-0.2, -0.15) is 13.2 Å². The normalized spacial score (nSPS) is 19.2. The van der Waals surface area contributed by atoms with E-state index in [1.54, 1.807) is 5.38 Å². The van der Waals surface area contributed by atoms with Crippen LogP contribution in [-0.4, -0.2) is 56.3 Å². The van der Waals surface area contributed by atoms with Gasteiger partial charge in [0.1, 0.15) is 5.01 Å². The number of amides is 1. The van der Waals surface area contributed by atoms with Crippen LogP contribution in [0.25, 0.3) is 10.6 Å². The summed E-state index contributed by atoms with van der Waals surface area (Å²) in [7, 11) is 0. The number of thiazole rings is 2. The molecular formula is C21H21F3N4O3S2. The first-order valence-electron chi connectivity index (χ1n) is 10.1. The number of carbonyl (C=O) groups is 1. The van der Waals surface area contributed by atoms with Gasteiger partial charge >= 0.3 is 6.18 Å². The maximum atomic E-state index is 13.2. The number of alkyl halides is 3. The minimum Gasteiger partial charge on any atom is -0.390 e. The maximum absolute atomic E-state index is 13.2. The Bertz CT molecular complexity index is 1100. The molecule has 1 aliphatic rings. The van der Waals surface area contributed by atoms with Crippen LogP contribution in [0.4, 0.5) is 18.3 Å². The van der Waals surface area contributed by atoms with Crippen LogP contribution in [0.15, 0.2) is 35.7 Å². The highest BCUT2D eigenvalue weighted by Crippen LogP contribution is 2.36. The number of anilines is 1. The third-order valence-corrected chi connectivity index (χ3v) is 7.22. The van der Waals surface area contributed by atoms with E-state index in [1.165, 1.54) is 16.2 Å². The van der Waals surface area contributed by atoms with Gasteiger partial charge in [0, 0.05) is 11.9 Å². The summed E-state index contributed by atoms with van der Waals surface area (Å²) in [5.41, 5.74) is 1.74. The second kappa shape index (κ2) is 9.85. The van der Waals surface area contributed by atoms with Crippen molar-refractivity contribution in [2.45, 2.75) is 37.8 Å². The van der Waals surface area contributed by atoms with Crippen LogP contribution in [0.5, 0.6) is 0 Å². The average molecular weight is 499 g/mol. The van der Waals surface area contributed by atoms with E-state index in [0.717, 1.165) is 16.9 Å². The van der Waals surface area contributed by atoms with E-state index in [4.69, 9.17) is 0 Å². The van der Waals surface area contributed by atoms with Gasteiger partial charge in [0.15, 0.2) is 5.13 Å². The highest BCUT2D eigenvalue weighted by Gasteiger charge is 2.43. The Morgan fingerprint density at radius 2 is 1.94 bits per heavy atom. The number of aromatic nitrogens is 2. The van der Waals surface area contributed by atoms with Gasteiger partial charge < -0.3 is 15.5 Å². The van der Waals surface area contributed by atoms with Crippen molar-refractivity contribution in [2.75, 3.05) is 18.4 Å². The minimum absolute atomic E-state index is 0.134. The lowest BCUT2D eigenvalue weighted by Gasteiger charge is -2.24. The molecule has 1 amide bonds. The molecule has 0 spiro atoms. The summed E-state index contributed by atoms with van der Waals surface area (Å²) in [6.07, 6.45) is -4.15. The van der Waals surface area contributed by atoms with Gasteiger partial charge in [0.25, 0.3) is 0 Å². The number of carbonyl (C=O) groups excluding carboxylic acids is 1. The number of likely N-dealkylation sites (tertiary alicyclic amines) is 1. The number of hydrogen-bond donors (Lipinski definition) is 3. The van der Waals surface area contributed by atoms with Crippen molar-refractivity contribution in [1.29, 1.82) is 0 Å². The average Bonchev–Trinajstić information content (AvgIpc) is 3.51. The Labute approximate surface area is 195 Å². The Morgan fingerprint density at radius 1 is 1.18 bits per heavy atom. The van der Waals surface area contributed by atoms with E-state index in [0.29, 0.717) is 21.3 Å². The molecule has 2 atom stereocenters. The highest BCUT2D eigenvalue weighted by molar-refractivity contribution is 7.17. The molecule has 1 aromatic carbocycles. The Balaban J connectivity index is 1.51. The van der Waals surface area contributed by atoms with E-state index >= 15 is 0 Å². The Kier molecular flexibility index (Phi) is 7.10. The number of nitrogens with zero attached hydrogens (tertiary/aromatic N) is 3. The summed E-state index contributed by atoms with van der Waals surface area (Å²) in [5.74, 6) is -0.723. The molecule has 0 bridgehead atoms. The molecule has 1 aliphatic heterocycles. The predicted molar refractivity (Wildman–Crippen MR) is 119 cm³/mol. The molecule has 1 fully saturated rings. The molecule has 3 aromatic rings. The molecule has 12 heteroatoms. The van der Waals surface area contributed by atoms with Crippen molar-refractivity contribution in [3.8, 4) is 10.6 Å². The number of benzene rings is 1. The first-order chi connectivity index (χ1) is 15.8. The van der Waals surface area contributed by atoms with Gasteiger partial charge in [0.05, 0.1) is 42.1 Å². The zero-order valence-corrected chi connectivity index (χ0v) is 18.9. The number of aliphatic hydroxyl groups excluding tert-OH is 2. The fourth-order valence-electron chi connectivity index (χ4n) is 3.95. The highest BCUT2D eigenvalue weighted by atomic mass is 32.1. The molecule has 2 aromatic heterocycles.